The van der Waals surface area contributed by atoms with Gasteiger partial charge in [0, 0.05) is 32.7 Å². The molecule has 8 nitrogen and oxygen atoms in total. The van der Waals surface area contributed by atoms with Crippen LogP contribution in [0.3, 0.4) is 0 Å². The number of nitrogens with zero attached hydrogens (tertiary/aromatic N) is 3. The van der Waals surface area contributed by atoms with Gasteiger partial charge in [-0.05, 0) is 49.3 Å². The highest BCUT2D eigenvalue weighted by molar-refractivity contribution is 7.89. The predicted octanol–water partition coefficient (Wildman–Crippen LogP) is 5.17. The zero-order valence-corrected chi connectivity index (χ0v) is 24.8. The number of nitrogens with one attached hydrogen (secondary N) is 1. The first-order valence-corrected chi connectivity index (χ1v) is 15.5. The van der Waals surface area contributed by atoms with Crippen molar-refractivity contribution in [3.63, 3.8) is 0 Å². The number of morpholine rings is 1. The molecular formula is C28H43ClN4O4S. The highest BCUT2D eigenvalue weighted by Gasteiger charge is 2.28. The zero-order valence-electron chi connectivity index (χ0n) is 23.2. The lowest BCUT2D eigenvalue weighted by Gasteiger charge is -2.35. The van der Waals surface area contributed by atoms with Gasteiger partial charge >= 0.3 is 0 Å². The fourth-order valence-corrected chi connectivity index (χ4v) is 5.89. The fraction of sp³-hybridized carbons (Fsp3) is 0.571. The first kappa shape index (κ1) is 30.7. The summed E-state index contributed by atoms with van der Waals surface area (Å²) in [7, 11) is -3.85. The molecular weight excluding hydrogens is 524 g/mol. The minimum atomic E-state index is -3.85. The Morgan fingerprint density at radius 3 is 2.42 bits per heavy atom. The van der Waals surface area contributed by atoms with E-state index in [0.717, 1.165) is 56.8 Å². The minimum Gasteiger partial charge on any atom is -0.452 e. The molecule has 212 valence electrons. The Morgan fingerprint density at radius 1 is 1.08 bits per heavy atom. The van der Waals surface area contributed by atoms with E-state index in [-0.39, 0.29) is 11.4 Å². The molecule has 1 N–H and O–H groups in total. The Hall–Kier alpha value is -1.88. The van der Waals surface area contributed by atoms with Crippen molar-refractivity contribution in [1.29, 1.82) is 0 Å². The molecule has 1 aliphatic rings. The number of sulfonamides is 1. The SMILES string of the molecule is CCCCN(CN1CCOCC1)c1cc(CN(CC)CC)cc(S(=O)(=O)NCC)c1Oc1ccccc1Cl. The van der Waals surface area contributed by atoms with Crippen molar-refractivity contribution in [1.82, 2.24) is 14.5 Å². The number of unbranched alkanes of at least 4 members (excludes halogenated alkanes) is 1. The first-order valence-electron chi connectivity index (χ1n) is 13.7. The zero-order chi connectivity index (χ0) is 27.5. The van der Waals surface area contributed by atoms with E-state index in [1.807, 2.05) is 12.1 Å². The van der Waals surface area contributed by atoms with Gasteiger partial charge in [0.05, 0.1) is 30.6 Å². The van der Waals surface area contributed by atoms with Gasteiger partial charge in [-0.2, -0.15) is 0 Å². The van der Waals surface area contributed by atoms with Crippen LogP contribution in [0.4, 0.5) is 5.69 Å². The standard InChI is InChI=1S/C28H43ClN4O4S/c1-5-9-14-33(22-32-15-17-36-18-16-32)25-19-23(21-31(7-3)8-4)20-27(38(34,35)30-6-2)28(25)37-26-13-11-10-12-24(26)29/h10-13,19-20,30H,5-9,14-18,21-22H2,1-4H3. The molecule has 0 spiro atoms. The van der Waals surface area contributed by atoms with Crippen LogP contribution in [-0.2, 0) is 21.3 Å². The second-order valence-electron chi connectivity index (χ2n) is 9.43. The molecule has 0 unspecified atom stereocenters. The molecule has 1 heterocycles. The summed E-state index contributed by atoms with van der Waals surface area (Å²) in [4.78, 5) is 6.99. The van der Waals surface area contributed by atoms with E-state index in [1.165, 1.54) is 0 Å². The molecule has 0 amide bonds. The van der Waals surface area contributed by atoms with Crippen LogP contribution in [-0.4, -0.2) is 77.4 Å². The number of halogens is 1. The molecule has 0 saturated carbocycles. The second-order valence-corrected chi connectivity index (χ2v) is 11.6. The molecule has 0 aliphatic carbocycles. The lowest BCUT2D eigenvalue weighted by Crippen LogP contribution is -2.44. The van der Waals surface area contributed by atoms with Gasteiger partial charge in [0.25, 0.3) is 0 Å². The fourth-order valence-electron chi connectivity index (χ4n) is 4.48. The van der Waals surface area contributed by atoms with Gasteiger partial charge in [-0.25, -0.2) is 13.1 Å². The van der Waals surface area contributed by atoms with Crippen molar-refractivity contribution >= 4 is 27.3 Å². The quantitative estimate of drug-likeness (QED) is 0.319. The topological polar surface area (TPSA) is 74.4 Å². The van der Waals surface area contributed by atoms with E-state index in [1.54, 1.807) is 25.1 Å². The van der Waals surface area contributed by atoms with Crippen LogP contribution in [0.2, 0.25) is 5.02 Å². The molecule has 1 saturated heterocycles. The van der Waals surface area contributed by atoms with Crippen molar-refractivity contribution in [2.75, 3.05) is 64.1 Å². The molecule has 38 heavy (non-hydrogen) atoms. The van der Waals surface area contributed by atoms with Crippen LogP contribution in [0, 0.1) is 0 Å². The summed E-state index contributed by atoms with van der Waals surface area (Å²) in [6.45, 7) is 15.2. The summed E-state index contributed by atoms with van der Waals surface area (Å²) < 4.78 is 41.9. The third-order valence-electron chi connectivity index (χ3n) is 6.66. The molecule has 0 aromatic heterocycles. The normalized spacial score (nSPS) is 14.7. The lowest BCUT2D eigenvalue weighted by molar-refractivity contribution is 0.0379. The third-order valence-corrected chi connectivity index (χ3v) is 8.53. The summed E-state index contributed by atoms with van der Waals surface area (Å²) in [6.07, 6.45) is 1.98. The molecule has 0 bridgehead atoms. The van der Waals surface area contributed by atoms with Crippen LogP contribution < -0.4 is 14.4 Å². The average Bonchev–Trinajstić information content (AvgIpc) is 2.91. The van der Waals surface area contributed by atoms with E-state index in [4.69, 9.17) is 21.1 Å². The summed E-state index contributed by atoms with van der Waals surface area (Å²) >= 11 is 6.48. The van der Waals surface area contributed by atoms with Gasteiger partial charge in [0.2, 0.25) is 10.0 Å². The van der Waals surface area contributed by atoms with E-state index < -0.39 is 10.0 Å². The van der Waals surface area contributed by atoms with Crippen LogP contribution in [0.25, 0.3) is 0 Å². The van der Waals surface area contributed by atoms with Gasteiger partial charge in [-0.15, -0.1) is 0 Å². The smallest absolute Gasteiger partial charge is 0.244 e. The molecule has 0 atom stereocenters. The van der Waals surface area contributed by atoms with E-state index >= 15 is 0 Å². The van der Waals surface area contributed by atoms with Crippen molar-refractivity contribution in [3.05, 3.63) is 47.0 Å². The molecule has 0 radical (unpaired) electrons. The van der Waals surface area contributed by atoms with Crippen molar-refractivity contribution in [3.8, 4) is 11.5 Å². The van der Waals surface area contributed by atoms with Crippen LogP contribution in [0.15, 0.2) is 41.3 Å². The summed E-state index contributed by atoms with van der Waals surface area (Å²) in [5.74, 6) is 0.716. The van der Waals surface area contributed by atoms with Gasteiger partial charge in [0.15, 0.2) is 5.75 Å². The Bertz CT molecular complexity index is 1120. The van der Waals surface area contributed by atoms with Gasteiger partial charge in [-0.1, -0.05) is 57.8 Å². The predicted molar refractivity (Wildman–Crippen MR) is 155 cm³/mol. The molecule has 10 heteroatoms. The van der Waals surface area contributed by atoms with Gasteiger partial charge in [-0.3, -0.25) is 9.80 Å². The lowest BCUT2D eigenvalue weighted by atomic mass is 10.1. The Labute approximate surface area is 233 Å². The molecule has 1 aliphatic heterocycles. The summed E-state index contributed by atoms with van der Waals surface area (Å²) in [6, 6.07) is 11.0. The summed E-state index contributed by atoms with van der Waals surface area (Å²) in [5.41, 5.74) is 1.68. The second kappa shape index (κ2) is 15.1. The maximum atomic E-state index is 13.6. The Morgan fingerprint density at radius 2 is 1.79 bits per heavy atom. The third kappa shape index (κ3) is 8.31. The molecule has 1 fully saturated rings. The van der Waals surface area contributed by atoms with Crippen LogP contribution in [0.5, 0.6) is 11.5 Å². The first-order chi connectivity index (χ1) is 18.3. The minimum absolute atomic E-state index is 0.127. The highest BCUT2D eigenvalue weighted by atomic mass is 35.5. The number of hydrogen-bond acceptors (Lipinski definition) is 7. The maximum Gasteiger partial charge on any atom is 0.244 e. The molecule has 2 aromatic rings. The van der Waals surface area contributed by atoms with Crippen LogP contribution in [0.1, 0.15) is 46.1 Å². The van der Waals surface area contributed by atoms with E-state index in [9.17, 15) is 8.42 Å². The van der Waals surface area contributed by atoms with Crippen molar-refractivity contribution in [2.24, 2.45) is 0 Å². The van der Waals surface area contributed by atoms with Crippen LogP contribution >= 0.6 is 11.6 Å². The maximum absolute atomic E-state index is 13.6. The van der Waals surface area contributed by atoms with Crippen molar-refractivity contribution in [2.45, 2.75) is 52.0 Å². The van der Waals surface area contributed by atoms with E-state index in [2.05, 4.69) is 46.3 Å². The number of hydrogen-bond donors (Lipinski definition) is 1. The number of anilines is 1. The Balaban J connectivity index is 2.22. The van der Waals surface area contributed by atoms with E-state index in [0.29, 0.717) is 42.9 Å². The Kier molecular flexibility index (Phi) is 12.1. The number of para-hydroxylation sites is 1. The average molecular weight is 567 g/mol. The monoisotopic (exact) mass is 566 g/mol. The summed E-state index contributed by atoms with van der Waals surface area (Å²) in [5, 5.41) is 0.422. The van der Waals surface area contributed by atoms with Gasteiger partial charge in [0.1, 0.15) is 10.6 Å². The highest BCUT2D eigenvalue weighted by Crippen LogP contribution is 2.42. The number of rotatable bonds is 15. The largest absolute Gasteiger partial charge is 0.452 e. The van der Waals surface area contributed by atoms with Crippen molar-refractivity contribution < 1.29 is 17.9 Å². The number of benzene rings is 2. The van der Waals surface area contributed by atoms with Gasteiger partial charge < -0.3 is 14.4 Å². The molecule has 3 rings (SSSR count). The number of ether oxygens (including phenoxy) is 2. The molecule has 2 aromatic carbocycles.